The predicted molar refractivity (Wildman–Crippen MR) is 85.8 cm³/mol. The van der Waals surface area contributed by atoms with Gasteiger partial charge in [-0.1, -0.05) is 29.8 Å². The Kier molecular flexibility index (Phi) is 4.81. The molecule has 0 radical (unpaired) electrons. The van der Waals surface area contributed by atoms with Crippen LogP contribution in [0.5, 0.6) is 0 Å². The number of amides is 1. The molecule has 2 rings (SSSR count). The van der Waals surface area contributed by atoms with Gasteiger partial charge in [-0.15, -0.1) is 0 Å². The Morgan fingerprint density at radius 3 is 2.71 bits per heavy atom. The van der Waals surface area contributed by atoms with Gasteiger partial charge in [-0.2, -0.15) is 0 Å². The number of rotatable bonds is 4. The van der Waals surface area contributed by atoms with Gasteiger partial charge in [0.1, 0.15) is 5.82 Å². The molecule has 0 atom stereocenters. The molecule has 1 amide bonds. The van der Waals surface area contributed by atoms with E-state index in [1.54, 1.807) is 31.1 Å². The summed E-state index contributed by atoms with van der Waals surface area (Å²) in [4.78, 5) is 18.4. The molecule has 0 fully saturated rings. The normalized spacial score (nSPS) is 10.3. The standard InChI is InChI=1S/C16H18ClN3O/c1-11-8-13(9-15(18-2)19-11)16(21)20(3)10-12-6-4-5-7-14(12)17/h4-9H,10H2,1-3H3,(H,18,19). The van der Waals surface area contributed by atoms with E-state index in [2.05, 4.69) is 10.3 Å². The minimum atomic E-state index is -0.0584. The Balaban J connectivity index is 2.20. The van der Waals surface area contributed by atoms with E-state index in [-0.39, 0.29) is 5.91 Å². The third kappa shape index (κ3) is 3.73. The predicted octanol–water partition coefficient (Wildman–Crippen LogP) is 3.36. The monoisotopic (exact) mass is 303 g/mol. The lowest BCUT2D eigenvalue weighted by molar-refractivity contribution is 0.0785. The van der Waals surface area contributed by atoms with E-state index in [1.165, 1.54) is 0 Å². The summed E-state index contributed by atoms with van der Waals surface area (Å²) in [5, 5.41) is 3.62. The largest absolute Gasteiger partial charge is 0.373 e. The first-order valence-corrected chi connectivity index (χ1v) is 7.04. The van der Waals surface area contributed by atoms with Gasteiger partial charge in [-0.3, -0.25) is 4.79 Å². The molecule has 1 heterocycles. The number of benzene rings is 1. The maximum atomic E-state index is 12.5. The first-order valence-electron chi connectivity index (χ1n) is 6.66. The maximum Gasteiger partial charge on any atom is 0.254 e. The molecule has 0 aliphatic heterocycles. The number of hydrogen-bond donors (Lipinski definition) is 1. The molecule has 0 saturated heterocycles. The highest BCUT2D eigenvalue weighted by Crippen LogP contribution is 2.18. The van der Waals surface area contributed by atoms with Crippen LogP contribution in [0.15, 0.2) is 36.4 Å². The number of halogens is 1. The maximum absolute atomic E-state index is 12.5. The van der Waals surface area contributed by atoms with E-state index in [0.29, 0.717) is 22.9 Å². The second kappa shape index (κ2) is 6.59. The molecular weight excluding hydrogens is 286 g/mol. The van der Waals surface area contributed by atoms with Gasteiger partial charge in [0.25, 0.3) is 5.91 Å². The minimum Gasteiger partial charge on any atom is -0.373 e. The van der Waals surface area contributed by atoms with Crippen LogP contribution in [-0.4, -0.2) is 29.9 Å². The zero-order chi connectivity index (χ0) is 15.4. The molecule has 21 heavy (non-hydrogen) atoms. The van der Waals surface area contributed by atoms with Crippen LogP contribution in [0.4, 0.5) is 5.82 Å². The van der Waals surface area contributed by atoms with Crippen LogP contribution in [0.1, 0.15) is 21.6 Å². The quantitative estimate of drug-likeness (QED) is 0.942. The summed E-state index contributed by atoms with van der Waals surface area (Å²) in [7, 11) is 3.55. The first kappa shape index (κ1) is 15.3. The number of aromatic nitrogens is 1. The van der Waals surface area contributed by atoms with Crippen LogP contribution in [0.2, 0.25) is 5.02 Å². The van der Waals surface area contributed by atoms with Crippen molar-refractivity contribution in [3.05, 3.63) is 58.2 Å². The molecule has 1 N–H and O–H groups in total. The van der Waals surface area contributed by atoms with E-state index in [1.807, 2.05) is 31.2 Å². The Morgan fingerprint density at radius 2 is 2.05 bits per heavy atom. The van der Waals surface area contributed by atoms with E-state index < -0.39 is 0 Å². The molecule has 0 spiro atoms. The zero-order valence-electron chi connectivity index (χ0n) is 12.4. The number of carbonyl (C=O) groups excluding carboxylic acids is 1. The summed E-state index contributed by atoms with van der Waals surface area (Å²) in [5.74, 6) is 0.626. The summed E-state index contributed by atoms with van der Waals surface area (Å²) in [6.45, 7) is 2.33. The van der Waals surface area contributed by atoms with Gasteiger partial charge in [0.15, 0.2) is 0 Å². The lowest BCUT2D eigenvalue weighted by atomic mass is 10.1. The number of aryl methyl sites for hydroxylation is 1. The Labute approximate surface area is 129 Å². The molecule has 2 aromatic rings. The van der Waals surface area contributed by atoms with Gasteiger partial charge in [0.05, 0.1) is 0 Å². The SMILES string of the molecule is CNc1cc(C(=O)N(C)Cc2ccccc2Cl)cc(C)n1. The third-order valence-corrected chi connectivity index (χ3v) is 3.54. The van der Waals surface area contributed by atoms with Crippen LogP contribution in [0, 0.1) is 6.92 Å². The van der Waals surface area contributed by atoms with Crippen molar-refractivity contribution in [2.45, 2.75) is 13.5 Å². The fourth-order valence-electron chi connectivity index (χ4n) is 2.09. The molecule has 4 nitrogen and oxygen atoms in total. The summed E-state index contributed by atoms with van der Waals surface area (Å²) in [5.41, 5.74) is 2.34. The average molecular weight is 304 g/mol. The molecule has 0 unspecified atom stereocenters. The van der Waals surface area contributed by atoms with E-state index >= 15 is 0 Å². The average Bonchev–Trinajstić information content (AvgIpc) is 2.48. The fraction of sp³-hybridized carbons (Fsp3) is 0.250. The first-order chi connectivity index (χ1) is 10.0. The zero-order valence-corrected chi connectivity index (χ0v) is 13.1. The smallest absolute Gasteiger partial charge is 0.254 e. The molecule has 1 aromatic heterocycles. The molecule has 0 aliphatic rings. The van der Waals surface area contributed by atoms with E-state index in [0.717, 1.165) is 11.3 Å². The summed E-state index contributed by atoms with van der Waals surface area (Å²) >= 11 is 6.13. The van der Waals surface area contributed by atoms with Crippen molar-refractivity contribution in [1.29, 1.82) is 0 Å². The molecular formula is C16H18ClN3O. The van der Waals surface area contributed by atoms with Gasteiger partial charge >= 0.3 is 0 Å². The number of hydrogen-bond acceptors (Lipinski definition) is 3. The highest BCUT2D eigenvalue weighted by Gasteiger charge is 2.14. The van der Waals surface area contributed by atoms with Crippen molar-refractivity contribution in [3.8, 4) is 0 Å². The van der Waals surface area contributed by atoms with Crippen LogP contribution in [-0.2, 0) is 6.54 Å². The summed E-state index contributed by atoms with van der Waals surface area (Å²) < 4.78 is 0. The van der Waals surface area contributed by atoms with Gasteiger partial charge in [-0.25, -0.2) is 4.98 Å². The molecule has 110 valence electrons. The van der Waals surface area contributed by atoms with Crippen molar-refractivity contribution < 1.29 is 4.79 Å². The van der Waals surface area contributed by atoms with Crippen molar-refractivity contribution in [1.82, 2.24) is 9.88 Å². The van der Waals surface area contributed by atoms with E-state index in [4.69, 9.17) is 11.6 Å². The topological polar surface area (TPSA) is 45.2 Å². The van der Waals surface area contributed by atoms with Crippen LogP contribution >= 0.6 is 11.6 Å². The van der Waals surface area contributed by atoms with Crippen LogP contribution in [0.3, 0.4) is 0 Å². The number of nitrogens with one attached hydrogen (secondary N) is 1. The van der Waals surface area contributed by atoms with E-state index in [9.17, 15) is 4.79 Å². The van der Waals surface area contributed by atoms with Crippen LogP contribution in [0.25, 0.3) is 0 Å². The minimum absolute atomic E-state index is 0.0584. The second-order valence-corrected chi connectivity index (χ2v) is 5.29. The summed E-state index contributed by atoms with van der Waals surface area (Å²) in [6.07, 6.45) is 0. The summed E-state index contributed by atoms with van der Waals surface area (Å²) in [6, 6.07) is 11.1. The molecule has 1 aromatic carbocycles. The number of carbonyl (C=O) groups is 1. The third-order valence-electron chi connectivity index (χ3n) is 3.17. The second-order valence-electron chi connectivity index (χ2n) is 4.89. The molecule has 5 heteroatoms. The van der Waals surface area contributed by atoms with Crippen molar-refractivity contribution >= 4 is 23.3 Å². The lowest BCUT2D eigenvalue weighted by Gasteiger charge is -2.18. The highest BCUT2D eigenvalue weighted by molar-refractivity contribution is 6.31. The number of anilines is 1. The van der Waals surface area contributed by atoms with Gasteiger partial charge in [0, 0.05) is 36.9 Å². The van der Waals surface area contributed by atoms with Crippen molar-refractivity contribution in [3.63, 3.8) is 0 Å². The van der Waals surface area contributed by atoms with Crippen molar-refractivity contribution in [2.75, 3.05) is 19.4 Å². The van der Waals surface area contributed by atoms with Crippen molar-refractivity contribution in [2.24, 2.45) is 0 Å². The Hall–Kier alpha value is -2.07. The van der Waals surface area contributed by atoms with Crippen LogP contribution < -0.4 is 5.32 Å². The van der Waals surface area contributed by atoms with Gasteiger partial charge in [-0.05, 0) is 30.7 Å². The Bertz CT molecular complexity index is 658. The molecule has 0 bridgehead atoms. The van der Waals surface area contributed by atoms with Gasteiger partial charge < -0.3 is 10.2 Å². The fourth-order valence-corrected chi connectivity index (χ4v) is 2.29. The number of pyridine rings is 1. The Morgan fingerprint density at radius 1 is 1.33 bits per heavy atom. The molecule has 0 saturated carbocycles. The molecule has 0 aliphatic carbocycles. The highest BCUT2D eigenvalue weighted by atomic mass is 35.5. The lowest BCUT2D eigenvalue weighted by Crippen LogP contribution is -2.26. The number of nitrogens with zero attached hydrogens (tertiary/aromatic N) is 2. The van der Waals surface area contributed by atoms with Gasteiger partial charge in [0.2, 0.25) is 0 Å².